The molecular weight excluding hydrogens is 369 g/mol. The van der Waals surface area contributed by atoms with Crippen LogP contribution in [-0.2, 0) is 0 Å². The van der Waals surface area contributed by atoms with Crippen LogP contribution in [0.4, 0.5) is 4.39 Å². The number of piperazine rings is 1. The minimum atomic E-state index is -0.283. The second-order valence-electron chi connectivity index (χ2n) is 8.12. The second-order valence-corrected chi connectivity index (χ2v) is 8.12. The van der Waals surface area contributed by atoms with Gasteiger partial charge in [0, 0.05) is 39.3 Å². The van der Waals surface area contributed by atoms with E-state index in [2.05, 4.69) is 14.9 Å². The summed E-state index contributed by atoms with van der Waals surface area (Å²) in [6, 6.07) is 6.19. The van der Waals surface area contributed by atoms with Crippen molar-refractivity contribution in [2.45, 2.75) is 26.7 Å². The molecular formula is C22H30FN5O. The van der Waals surface area contributed by atoms with Crippen LogP contribution in [0, 0.1) is 19.7 Å². The summed E-state index contributed by atoms with van der Waals surface area (Å²) in [6.07, 6.45) is 2.65. The Labute approximate surface area is 171 Å². The number of aryl methyl sites for hydroxylation is 1. The SMILES string of the molecule is Cc1nn(-c2ccc(F)cc2)c(C)c1C(=O)N1CCN(CCN2CCCC2)CC1. The number of rotatable bonds is 5. The minimum absolute atomic E-state index is 0.0487. The molecule has 2 aliphatic heterocycles. The van der Waals surface area contributed by atoms with Crippen LogP contribution in [0.3, 0.4) is 0 Å². The quantitative estimate of drug-likeness (QED) is 0.775. The van der Waals surface area contributed by atoms with Crippen LogP contribution in [-0.4, -0.2) is 82.7 Å². The van der Waals surface area contributed by atoms with Gasteiger partial charge in [-0.15, -0.1) is 0 Å². The number of hydrogen-bond acceptors (Lipinski definition) is 4. The molecule has 3 heterocycles. The second kappa shape index (κ2) is 8.63. The van der Waals surface area contributed by atoms with E-state index in [-0.39, 0.29) is 11.7 Å². The molecule has 29 heavy (non-hydrogen) atoms. The van der Waals surface area contributed by atoms with Crippen molar-refractivity contribution in [2.24, 2.45) is 0 Å². The summed E-state index contributed by atoms with van der Waals surface area (Å²) in [7, 11) is 0. The number of carbonyl (C=O) groups is 1. The van der Waals surface area contributed by atoms with E-state index >= 15 is 0 Å². The zero-order valence-electron chi connectivity index (χ0n) is 17.4. The molecule has 0 radical (unpaired) electrons. The van der Waals surface area contributed by atoms with Gasteiger partial charge in [-0.1, -0.05) is 0 Å². The lowest BCUT2D eigenvalue weighted by Crippen LogP contribution is -2.50. The van der Waals surface area contributed by atoms with Gasteiger partial charge < -0.3 is 9.80 Å². The van der Waals surface area contributed by atoms with Gasteiger partial charge in [-0.05, 0) is 64.0 Å². The van der Waals surface area contributed by atoms with Crippen molar-refractivity contribution < 1.29 is 9.18 Å². The van der Waals surface area contributed by atoms with E-state index in [1.54, 1.807) is 16.8 Å². The summed E-state index contributed by atoms with van der Waals surface area (Å²) >= 11 is 0. The van der Waals surface area contributed by atoms with E-state index < -0.39 is 0 Å². The minimum Gasteiger partial charge on any atom is -0.336 e. The molecule has 2 aliphatic rings. The van der Waals surface area contributed by atoms with Crippen molar-refractivity contribution in [1.82, 2.24) is 24.5 Å². The fraction of sp³-hybridized carbons (Fsp3) is 0.545. The predicted octanol–water partition coefficient (Wildman–Crippen LogP) is 2.48. The van der Waals surface area contributed by atoms with Crippen LogP contribution >= 0.6 is 0 Å². The number of likely N-dealkylation sites (tertiary alicyclic amines) is 1. The fourth-order valence-electron chi connectivity index (χ4n) is 4.41. The van der Waals surface area contributed by atoms with E-state index in [0.29, 0.717) is 11.3 Å². The Bertz CT molecular complexity index is 849. The van der Waals surface area contributed by atoms with Gasteiger partial charge in [-0.3, -0.25) is 9.69 Å². The summed E-state index contributed by atoms with van der Waals surface area (Å²) in [5.74, 6) is -0.235. The van der Waals surface area contributed by atoms with E-state index in [4.69, 9.17) is 0 Å². The Hall–Kier alpha value is -2.25. The zero-order chi connectivity index (χ0) is 20.4. The van der Waals surface area contributed by atoms with Crippen LogP contribution in [0.25, 0.3) is 5.69 Å². The highest BCUT2D eigenvalue weighted by molar-refractivity contribution is 5.96. The van der Waals surface area contributed by atoms with Gasteiger partial charge in [-0.25, -0.2) is 9.07 Å². The number of amides is 1. The van der Waals surface area contributed by atoms with E-state index in [9.17, 15) is 9.18 Å². The lowest BCUT2D eigenvalue weighted by atomic mass is 10.1. The molecule has 1 aromatic carbocycles. The third kappa shape index (κ3) is 4.36. The van der Waals surface area contributed by atoms with Crippen LogP contribution < -0.4 is 0 Å². The van der Waals surface area contributed by atoms with Gasteiger partial charge in [0.25, 0.3) is 5.91 Å². The van der Waals surface area contributed by atoms with Gasteiger partial charge in [0.15, 0.2) is 0 Å². The molecule has 1 aromatic heterocycles. The molecule has 1 amide bonds. The molecule has 0 bridgehead atoms. The Morgan fingerprint density at radius 2 is 1.52 bits per heavy atom. The molecule has 6 nitrogen and oxygen atoms in total. The molecule has 0 spiro atoms. The first-order chi connectivity index (χ1) is 14.0. The standard InChI is InChI=1S/C22H30FN5O/c1-17-21(18(2)28(24-17)20-7-5-19(23)6-8-20)22(29)27-15-13-26(14-16-27)12-11-25-9-3-4-10-25/h5-8H,3-4,9-16H2,1-2H3. The first kappa shape index (κ1) is 20.0. The molecule has 2 saturated heterocycles. The van der Waals surface area contributed by atoms with Crippen molar-refractivity contribution in [3.8, 4) is 5.69 Å². The highest BCUT2D eigenvalue weighted by atomic mass is 19.1. The van der Waals surface area contributed by atoms with Crippen LogP contribution in [0.15, 0.2) is 24.3 Å². The average Bonchev–Trinajstić information content (AvgIpc) is 3.35. The number of halogens is 1. The molecule has 2 aromatic rings. The Balaban J connectivity index is 1.39. The lowest BCUT2D eigenvalue weighted by Gasteiger charge is -2.35. The number of hydrogen-bond donors (Lipinski definition) is 0. The fourth-order valence-corrected chi connectivity index (χ4v) is 4.41. The van der Waals surface area contributed by atoms with Gasteiger partial charge in [-0.2, -0.15) is 5.10 Å². The van der Waals surface area contributed by atoms with Gasteiger partial charge in [0.2, 0.25) is 0 Å². The molecule has 0 unspecified atom stereocenters. The normalized spacial score (nSPS) is 18.5. The maximum absolute atomic E-state index is 13.2. The number of benzene rings is 1. The molecule has 2 fully saturated rings. The van der Waals surface area contributed by atoms with Crippen LogP contribution in [0.2, 0.25) is 0 Å². The maximum Gasteiger partial charge on any atom is 0.257 e. The molecule has 7 heteroatoms. The van der Waals surface area contributed by atoms with Crippen molar-refractivity contribution in [1.29, 1.82) is 0 Å². The Morgan fingerprint density at radius 1 is 0.931 bits per heavy atom. The topological polar surface area (TPSA) is 44.6 Å². The summed E-state index contributed by atoms with van der Waals surface area (Å²) in [5.41, 5.74) is 2.95. The van der Waals surface area contributed by atoms with Crippen LogP contribution in [0.5, 0.6) is 0 Å². The van der Waals surface area contributed by atoms with Gasteiger partial charge in [0.05, 0.1) is 22.6 Å². The van der Waals surface area contributed by atoms with Gasteiger partial charge >= 0.3 is 0 Å². The monoisotopic (exact) mass is 399 g/mol. The average molecular weight is 400 g/mol. The third-order valence-electron chi connectivity index (χ3n) is 6.17. The van der Waals surface area contributed by atoms with E-state index in [0.717, 1.165) is 50.6 Å². The van der Waals surface area contributed by atoms with Crippen molar-refractivity contribution >= 4 is 5.91 Å². The smallest absolute Gasteiger partial charge is 0.257 e. The zero-order valence-corrected chi connectivity index (χ0v) is 17.4. The highest BCUT2D eigenvalue weighted by Gasteiger charge is 2.27. The summed E-state index contributed by atoms with van der Waals surface area (Å²) in [5, 5.41) is 4.55. The van der Waals surface area contributed by atoms with Crippen molar-refractivity contribution in [3.63, 3.8) is 0 Å². The number of aromatic nitrogens is 2. The lowest BCUT2D eigenvalue weighted by molar-refractivity contribution is 0.0625. The van der Waals surface area contributed by atoms with E-state index in [1.165, 1.54) is 38.1 Å². The molecule has 156 valence electrons. The molecule has 0 N–H and O–H groups in total. The van der Waals surface area contributed by atoms with Gasteiger partial charge in [0.1, 0.15) is 5.82 Å². The van der Waals surface area contributed by atoms with Crippen molar-refractivity contribution in [3.05, 3.63) is 47.0 Å². The number of nitrogens with zero attached hydrogens (tertiary/aromatic N) is 5. The number of carbonyl (C=O) groups excluding carboxylic acids is 1. The molecule has 0 saturated carbocycles. The first-order valence-electron chi connectivity index (χ1n) is 10.6. The first-order valence-corrected chi connectivity index (χ1v) is 10.6. The van der Waals surface area contributed by atoms with Crippen molar-refractivity contribution in [2.75, 3.05) is 52.4 Å². The molecule has 0 atom stereocenters. The largest absolute Gasteiger partial charge is 0.336 e. The summed E-state index contributed by atoms with van der Waals surface area (Å²) in [4.78, 5) is 20.1. The Morgan fingerprint density at radius 3 is 2.14 bits per heavy atom. The maximum atomic E-state index is 13.2. The Kier molecular flexibility index (Phi) is 5.96. The van der Waals surface area contributed by atoms with E-state index in [1.807, 2.05) is 18.7 Å². The summed E-state index contributed by atoms with van der Waals surface area (Å²) in [6.45, 7) is 11.8. The molecule has 0 aliphatic carbocycles. The highest BCUT2D eigenvalue weighted by Crippen LogP contribution is 2.21. The summed E-state index contributed by atoms with van der Waals surface area (Å²) < 4.78 is 15.0. The van der Waals surface area contributed by atoms with Crippen LogP contribution in [0.1, 0.15) is 34.6 Å². The molecule has 4 rings (SSSR count). The predicted molar refractivity (Wildman–Crippen MR) is 111 cm³/mol. The third-order valence-corrected chi connectivity index (χ3v) is 6.17.